The standard InChI is InChI=1S/C13H11NO4S/c1-7-5-10(15)9-4-3-8(6-11(9)19-7)14-12(16)13(17)18-2/h3-6H,1-2H3,(H,14,16). The van der Waals surface area contributed by atoms with Crippen molar-refractivity contribution in [1.29, 1.82) is 0 Å². The maximum Gasteiger partial charge on any atom is 0.396 e. The van der Waals surface area contributed by atoms with E-state index in [1.54, 1.807) is 24.3 Å². The average molecular weight is 277 g/mol. The van der Waals surface area contributed by atoms with Crippen molar-refractivity contribution in [2.45, 2.75) is 6.92 Å². The molecule has 1 aromatic carbocycles. The van der Waals surface area contributed by atoms with Crippen LogP contribution in [0.2, 0.25) is 0 Å². The summed E-state index contributed by atoms with van der Waals surface area (Å²) >= 11 is 1.44. The van der Waals surface area contributed by atoms with Gasteiger partial charge < -0.3 is 10.1 Å². The first-order chi connectivity index (χ1) is 9.01. The van der Waals surface area contributed by atoms with E-state index < -0.39 is 11.9 Å². The summed E-state index contributed by atoms with van der Waals surface area (Å²) in [6, 6.07) is 6.43. The van der Waals surface area contributed by atoms with Gasteiger partial charge in [0.15, 0.2) is 5.43 Å². The molecule has 1 amide bonds. The number of fused-ring (bicyclic) bond motifs is 1. The van der Waals surface area contributed by atoms with E-state index in [-0.39, 0.29) is 5.43 Å². The van der Waals surface area contributed by atoms with E-state index in [1.165, 1.54) is 11.3 Å². The molecule has 98 valence electrons. The minimum Gasteiger partial charge on any atom is -0.462 e. The molecule has 0 aliphatic rings. The van der Waals surface area contributed by atoms with Gasteiger partial charge in [-0.05, 0) is 31.2 Å². The second-order valence-corrected chi connectivity index (χ2v) is 5.17. The predicted octanol–water partition coefficient (Wildman–Crippen LogP) is 1.68. The maximum absolute atomic E-state index is 11.7. The average Bonchev–Trinajstić information content (AvgIpc) is 2.36. The third kappa shape index (κ3) is 2.79. The van der Waals surface area contributed by atoms with Crippen LogP contribution in [0.3, 0.4) is 0 Å². The van der Waals surface area contributed by atoms with Crippen LogP contribution in [0.1, 0.15) is 4.88 Å². The molecular weight excluding hydrogens is 266 g/mol. The molecule has 0 bridgehead atoms. The summed E-state index contributed by atoms with van der Waals surface area (Å²) in [5.74, 6) is -1.81. The van der Waals surface area contributed by atoms with Crippen LogP contribution in [-0.2, 0) is 14.3 Å². The highest BCUT2D eigenvalue weighted by Gasteiger charge is 2.14. The van der Waals surface area contributed by atoms with Gasteiger partial charge in [0.05, 0.1) is 7.11 Å². The number of hydrogen-bond acceptors (Lipinski definition) is 5. The maximum atomic E-state index is 11.7. The van der Waals surface area contributed by atoms with Gasteiger partial charge in [-0.25, -0.2) is 4.79 Å². The van der Waals surface area contributed by atoms with E-state index in [9.17, 15) is 14.4 Å². The van der Waals surface area contributed by atoms with Crippen LogP contribution in [0.25, 0.3) is 10.1 Å². The zero-order valence-electron chi connectivity index (χ0n) is 10.4. The monoisotopic (exact) mass is 277 g/mol. The number of amides is 1. The number of methoxy groups -OCH3 is 1. The summed E-state index contributed by atoms with van der Waals surface area (Å²) < 4.78 is 5.07. The molecule has 6 heteroatoms. The van der Waals surface area contributed by atoms with E-state index >= 15 is 0 Å². The molecule has 0 saturated carbocycles. The Morgan fingerprint density at radius 1 is 1.26 bits per heavy atom. The van der Waals surface area contributed by atoms with Crippen molar-refractivity contribution in [2.24, 2.45) is 0 Å². The van der Waals surface area contributed by atoms with Gasteiger partial charge in [-0.3, -0.25) is 9.59 Å². The molecule has 0 unspecified atom stereocenters. The fourth-order valence-electron chi connectivity index (χ4n) is 1.63. The number of ether oxygens (including phenoxy) is 1. The van der Waals surface area contributed by atoms with Crippen LogP contribution < -0.4 is 10.7 Å². The zero-order valence-corrected chi connectivity index (χ0v) is 11.2. The van der Waals surface area contributed by atoms with E-state index in [4.69, 9.17) is 0 Å². The summed E-state index contributed by atoms with van der Waals surface area (Å²) in [5, 5.41) is 3.00. The molecule has 1 heterocycles. The normalized spacial score (nSPS) is 10.2. The molecule has 5 nitrogen and oxygen atoms in total. The molecule has 0 aliphatic heterocycles. The Bertz CT molecular complexity index is 720. The smallest absolute Gasteiger partial charge is 0.396 e. The van der Waals surface area contributed by atoms with Gasteiger partial charge in [-0.2, -0.15) is 0 Å². The van der Waals surface area contributed by atoms with Crippen molar-refractivity contribution in [3.05, 3.63) is 39.4 Å². The van der Waals surface area contributed by atoms with Crippen LogP contribution in [0.5, 0.6) is 0 Å². The number of nitrogens with one attached hydrogen (secondary N) is 1. The molecule has 0 aliphatic carbocycles. The third-order valence-corrected chi connectivity index (χ3v) is 3.48. The first-order valence-corrected chi connectivity index (χ1v) is 6.26. The molecular formula is C13H11NO4S. The molecule has 0 fully saturated rings. The van der Waals surface area contributed by atoms with Gasteiger partial charge in [-0.1, -0.05) is 0 Å². The molecule has 19 heavy (non-hydrogen) atoms. The van der Waals surface area contributed by atoms with E-state index in [1.807, 2.05) is 6.92 Å². The van der Waals surface area contributed by atoms with E-state index in [0.29, 0.717) is 11.1 Å². The molecule has 1 N–H and O–H groups in total. The highest BCUT2D eigenvalue weighted by molar-refractivity contribution is 7.18. The Morgan fingerprint density at radius 2 is 2.00 bits per heavy atom. The SMILES string of the molecule is COC(=O)C(=O)Nc1ccc2c(=O)cc(C)sc2c1. The molecule has 2 rings (SSSR count). The van der Waals surface area contributed by atoms with E-state index in [0.717, 1.165) is 16.7 Å². The fourth-order valence-corrected chi connectivity index (χ4v) is 2.61. The lowest BCUT2D eigenvalue weighted by atomic mass is 10.2. The van der Waals surface area contributed by atoms with Crippen LogP contribution in [0.15, 0.2) is 29.1 Å². The Morgan fingerprint density at radius 3 is 2.68 bits per heavy atom. The number of aryl methyl sites for hydroxylation is 1. The molecule has 0 saturated heterocycles. The number of carbonyl (C=O) groups excluding carboxylic acids is 2. The lowest BCUT2D eigenvalue weighted by molar-refractivity contribution is -0.150. The van der Waals surface area contributed by atoms with Crippen LogP contribution >= 0.6 is 11.3 Å². The minimum atomic E-state index is -0.961. The molecule has 0 spiro atoms. The van der Waals surface area contributed by atoms with Crippen molar-refractivity contribution >= 4 is 39.0 Å². The van der Waals surface area contributed by atoms with Crippen LogP contribution in [0.4, 0.5) is 5.69 Å². The second-order valence-electron chi connectivity index (χ2n) is 3.88. The summed E-state index contributed by atoms with van der Waals surface area (Å²) in [4.78, 5) is 35.0. The summed E-state index contributed by atoms with van der Waals surface area (Å²) in [7, 11) is 1.14. The predicted molar refractivity (Wildman–Crippen MR) is 73.5 cm³/mol. The van der Waals surface area contributed by atoms with E-state index in [2.05, 4.69) is 10.1 Å². The fraction of sp³-hybridized carbons (Fsp3) is 0.154. The number of rotatable bonds is 1. The van der Waals surface area contributed by atoms with Gasteiger partial charge in [0, 0.05) is 20.7 Å². The first kappa shape index (κ1) is 13.2. The Hall–Kier alpha value is -2.21. The van der Waals surface area contributed by atoms with Gasteiger partial charge in [0.25, 0.3) is 0 Å². The van der Waals surface area contributed by atoms with Crippen molar-refractivity contribution in [2.75, 3.05) is 12.4 Å². The Balaban J connectivity index is 2.39. The Kier molecular flexibility index (Phi) is 3.62. The number of carbonyl (C=O) groups is 2. The van der Waals surface area contributed by atoms with Gasteiger partial charge in [0.1, 0.15) is 0 Å². The quantitative estimate of drug-likeness (QED) is 0.636. The number of benzene rings is 1. The number of esters is 1. The highest BCUT2D eigenvalue weighted by Crippen LogP contribution is 2.22. The molecule has 1 aromatic heterocycles. The second kappa shape index (κ2) is 5.19. The molecule has 0 radical (unpaired) electrons. The number of anilines is 1. The van der Waals surface area contributed by atoms with Crippen LogP contribution in [-0.4, -0.2) is 19.0 Å². The van der Waals surface area contributed by atoms with Gasteiger partial charge in [-0.15, -0.1) is 11.3 Å². The van der Waals surface area contributed by atoms with Crippen molar-refractivity contribution in [3.63, 3.8) is 0 Å². The lowest BCUT2D eigenvalue weighted by Gasteiger charge is -2.05. The van der Waals surface area contributed by atoms with Crippen molar-refractivity contribution in [1.82, 2.24) is 0 Å². The van der Waals surface area contributed by atoms with Crippen molar-refractivity contribution < 1.29 is 14.3 Å². The van der Waals surface area contributed by atoms with Crippen molar-refractivity contribution in [3.8, 4) is 0 Å². The third-order valence-electron chi connectivity index (χ3n) is 2.48. The lowest BCUT2D eigenvalue weighted by Crippen LogP contribution is -2.23. The largest absolute Gasteiger partial charge is 0.462 e. The first-order valence-electron chi connectivity index (χ1n) is 5.45. The van der Waals surface area contributed by atoms with Gasteiger partial charge >= 0.3 is 11.9 Å². The zero-order chi connectivity index (χ0) is 14.0. The highest BCUT2D eigenvalue weighted by atomic mass is 32.1. The van der Waals surface area contributed by atoms with Crippen LogP contribution in [0, 0.1) is 6.92 Å². The molecule has 0 atom stereocenters. The minimum absolute atomic E-state index is 0.0582. The summed E-state index contributed by atoms with van der Waals surface area (Å²) in [6.45, 7) is 1.84. The summed E-state index contributed by atoms with van der Waals surface area (Å²) in [6.07, 6.45) is 0. The van der Waals surface area contributed by atoms with Gasteiger partial charge in [0.2, 0.25) is 0 Å². The number of hydrogen-bond donors (Lipinski definition) is 1. The topological polar surface area (TPSA) is 72.5 Å². The Labute approximate surface area is 112 Å². The molecule has 2 aromatic rings. The summed E-state index contributed by atoms with van der Waals surface area (Å²) in [5.41, 5.74) is 0.390.